The quantitative estimate of drug-likeness (QED) is 0.861. The van der Waals surface area contributed by atoms with Gasteiger partial charge in [0.25, 0.3) is 0 Å². The summed E-state index contributed by atoms with van der Waals surface area (Å²) in [5.74, 6) is 0.102. The highest BCUT2D eigenvalue weighted by molar-refractivity contribution is 7.15. The molecule has 2 atom stereocenters. The molecule has 1 aromatic carbocycles. The number of hydrogen-bond acceptors (Lipinski definition) is 4. The summed E-state index contributed by atoms with van der Waals surface area (Å²) < 4.78 is 0. The highest BCUT2D eigenvalue weighted by Crippen LogP contribution is 2.24. The molecule has 106 valence electrons. The predicted octanol–water partition coefficient (Wildman–Crippen LogP) is 3.45. The summed E-state index contributed by atoms with van der Waals surface area (Å²) in [6, 6.07) is 10.3. The molecule has 2 unspecified atom stereocenters. The topological polar surface area (TPSA) is 54.9 Å². The van der Waals surface area contributed by atoms with Gasteiger partial charge < -0.3 is 0 Å². The molecule has 0 aliphatic carbocycles. The number of anilines is 1. The van der Waals surface area contributed by atoms with Gasteiger partial charge in [0, 0.05) is 6.42 Å². The summed E-state index contributed by atoms with van der Waals surface area (Å²) in [4.78, 5) is 11.5. The maximum Gasteiger partial charge on any atom is 0.243 e. The molecule has 0 aliphatic heterocycles. The SMILES string of the molecule is CC(Cl)C(=O)Nc1nnc(CC(C)c2ccccc2)s1. The fourth-order valence-corrected chi connectivity index (χ4v) is 2.68. The van der Waals surface area contributed by atoms with Gasteiger partial charge in [-0.3, -0.25) is 10.1 Å². The second kappa shape index (κ2) is 6.81. The number of nitrogens with one attached hydrogen (secondary N) is 1. The molecule has 6 heteroatoms. The van der Waals surface area contributed by atoms with Crippen molar-refractivity contribution in [3.8, 4) is 0 Å². The van der Waals surface area contributed by atoms with Crippen molar-refractivity contribution in [1.29, 1.82) is 0 Å². The van der Waals surface area contributed by atoms with E-state index >= 15 is 0 Å². The number of hydrogen-bond donors (Lipinski definition) is 1. The summed E-state index contributed by atoms with van der Waals surface area (Å²) in [6.07, 6.45) is 0.800. The lowest BCUT2D eigenvalue weighted by atomic mass is 9.98. The molecular formula is C14H16ClN3OS. The van der Waals surface area contributed by atoms with Crippen LogP contribution in [0.3, 0.4) is 0 Å². The molecule has 1 N–H and O–H groups in total. The van der Waals surface area contributed by atoms with Crippen molar-refractivity contribution in [2.24, 2.45) is 0 Å². The molecule has 0 bridgehead atoms. The number of carbonyl (C=O) groups is 1. The second-order valence-corrected chi connectivity index (χ2v) is 6.34. The Morgan fingerprint density at radius 2 is 2.00 bits per heavy atom. The van der Waals surface area contributed by atoms with Gasteiger partial charge in [-0.25, -0.2) is 0 Å². The van der Waals surface area contributed by atoms with Gasteiger partial charge in [-0.05, 0) is 18.4 Å². The molecular weight excluding hydrogens is 294 g/mol. The van der Waals surface area contributed by atoms with E-state index in [0.29, 0.717) is 11.0 Å². The summed E-state index contributed by atoms with van der Waals surface area (Å²) >= 11 is 7.08. The van der Waals surface area contributed by atoms with Crippen LogP contribution in [0.2, 0.25) is 0 Å². The smallest absolute Gasteiger partial charge is 0.243 e. The minimum Gasteiger partial charge on any atom is -0.299 e. The van der Waals surface area contributed by atoms with Gasteiger partial charge >= 0.3 is 0 Å². The number of amides is 1. The lowest BCUT2D eigenvalue weighted by Crippen LogP contribution is -2.20. The average Bonchev–Trinajstić information content (AvgIpc) is 2.86. The summed E-state index contributed by atoms with van der Waals surface area (Å²) in [5, 5.41) is 11.5. The Kier molecular flexibility index (Phi) is 5.09. The Morgan fingerprint density at radius 3 is 2.65 bits per heavy atom. The molecule has 2 rings (SSSR count). The highest BCUT2D eigenvalue weighted by Gasteiger charge is 2.14. The molecule has 20 heavy (non-hydrogen) atoms. The lowest BCUT2D eigenvalue weighted by molar-refractivity contribution is -0.115. The monoisotopic (exact) mass is 309 g/mol. The van der Waals surface area contributed by atoms with Crippen molar-refractivity contribution < 1.29 is 4.79 Å². The average molecular weight is 310 g/mol. The van der Waals surface area contributed by atoms with E-state index in [1.165, 1.54) is 16.9 Å². The first-order chi connectivity index (χ1) is 9.56. The van der Waals surface area contributed by atoms with Gasteiger partial charge in [-0.1, -0.05) is 48.6 Å². The Hall–Kier alpha value is -1.46. The van der Waals surface area contributed by atoms with Crippen molar-refractivity contribution in [2.45, 2.75) is 31.6 Å². The van der Waals surface area contributed by atoms with Crippen LogP contribution in [0.1, 0.15) is 30.3 Å². The van der Waals surface area contributed by atoms with Crippen molar-refractivity contribution in [1.82, 2.24) is 10.2 Å². The van der Waals surface area contributed by atoms with E-state index in [9.17, 15) is 4.79 Å². The molecule has 0 spiro atoms. The van der Waals surface area contributed by atoms with E-state index in [1.54, 1.807) is 6.92 Å². The van der Waals surface area contributed by atoms with Gasteiger partial charge in [0.1, 0.15) is 10.4 Å². The first-order valence-electron chi connectivity index (χ1n) is 6.38. The minimum absolute atomic E-state index is 0.259. The van der Waals surface area contributed by atoms with Crippen LogP contribution in [0.4, 0.5) is 5.13 Å². The maximum atomic E-state index is 11.5. The predicted molar refractivity (Wildman–Crippen MR) is 82.4 cm³/mol. The minimum atomic E-state index is -0.578. The lowest BCUT2D eigenvalue weighted by Gasteiger charge is -2.08. The number of rotatable bonds is 5. The third kappa shape index (κ3) is 4.02. The van der Waals surface area contributed by atoms with Crippen molar-refractivity contribution in [2.75, 3.05) is 5.32 Å². The Morgan fingerprint density at radius 1 is 1.30 bits per heavy atom. The normalized spacial score (nSPS) is 13.8. The zero-order valence-corrected chi connectivity index (χ0v) is 12.9. The number of nitrogens with zero attached hydrogens (tertiary/aromatic N) is 2. The molecule has 0 aliphatic rings. The Labute approximate surface area is 127 Å². The van der Waals surface area contributed by atoms with E-state index in [1.807, 2.05) is 18.2 Å². The summed E-state index contributed by atoms with van der Waals surface area (Å²) in [7, 11) is 0. The second-order valence-electron chi connectivity index (χ2n) is 4.62. The van der Waals surface area contributed by atoms with Crippen LogP contribution >= 0.6 is 22.9 Å². The molecule has 1 heterocycles. The maximum absolute atomic E-state index is 11.5. The van der Waals surface area contributed by atoms with Crippen LogP contribution in [-0.4, -0.2) is 21.5 Å². The van der Waals surface area contributed by atoms with Crippen molar-refractivity contribution >= 4 is 34.0 Å². The van der Waals surface area contributed by atoms with Gasteiger partial charge in [0.2, 0.25) is 11.0 Å². The zero-order valence-electron chi connectivity index (χ0n) is 11.3. The number of carbonyl (C=O) groups excluding carboxylic acids is 1. The van der Waals surface area contributed by atoms with Crippen LogP contribution < -0.4 is 5.32 Å². The standard InChI is InChI=1S/C14H16ClN3OS/c1-9(11-6-4-3-5-7-11)8-12-17-18-14(20-12)16-13(19)10(2)15/h3-7,9-10H,8H2,1-2H3,(H,16,18,19). The number of halogens is 1. The summed E-state index contributed by atoms with van der Waals surface area (Å²) in [6.45, 7) is 3.77. The molecule has 0 radical (unpaired) electrons. The molecule has 0 saturated carbocycles. The van der Waals surface area contributed by atoms with Gasteiger partial charge in [0.15, 0.2) is 0 Å². The van der Waals surface area contributed by atoms with Crippen molar-refractivity contribution in [3.63, 3.8) is 0 Å². The molecule has 4 nitrogen and oxygen atoms in total. The van der Waals surface area contributed by atoms with Gasteiger partial charge in [-0.15, -0.1) is 21.8 Å². The van der Waals surface area contributed by atoms with Crippen LogP contribution in [0.25, 0.3) is 0 Å². The Bertz CT molecular complexity index is 571. The molecule has 0 fully saturated rings. The fraction of sp³-hybridized carbons (Fsp3) is 0.357. The van der Waals surface area contributed by atoms with E-state index in [4.69, 9.17) is 11.6 Å². The van der Waals surface area contributed by atoms with E-state index in [0.717, 1.165) is 11.4 Å². The van der Waals surface area contributed by atoms with E-state index < -0.39 is 5.38 Å². The largest absolute Gasteiger partial charge is 0.299 e. The third-order valence-electron chi connectivity index (χ3n) is 2.91. The third-order valence-corrected chi connectivity index (χ3v) is 3.97. The number of benzene rings is 1. The van der Waals surface area contributed by atoms with Crippen LogP contribution in [-0.2, 0) is 11.2 Å². The molecule has 1 aromatic heterocycles. The molecule has 0 saturated heterocycles. The van der Waals surface area contributed by atoms with E-state index in [2.05, 4.69) is 34.6 Å². The zero-order chi connectivity index (χ0) is 14.5. The molecule has 2 aromatic rings. The fourth-order valence-electron chi connectivity index (χ4n) is 1.75. The first kappa shape index (κ1) is 14.9. The van der Waals surface area contributed by atoms with Gasteiger partial charge in [-0.2, -0.15) is 0 Å². The Balaban J connectivity index is 1.98. The van der Waals surface area contributed by atoms with E-state index in [-0.39, 0.29) is 5.91 Å². The van der Waals surface area contributed by atoms with Crippen LogP contribution in [0.15, 0.2) is 30.3 Å². The number of aromatic nitrogens is 2. The van der Waals surface area contributed by atoms with Crippen LogP contribution in [0, 0.1) is 0 Å². The van der Waals surface area contributed by atoms with Crippen LogP contribution in [0.5, 0.6) is 0 Å². The van der Waals surface area contributed by atoms with Gasteiger partial charge in [0.05, 0.1) is 0 Å². The summed E-state index contributed by atoms with van der Waals surface area (Å²) in [5.41, 5.74) is 1.27. The first-order valence-corrected chi connectivity index (χ1v) is 7.64. The highest BCUT2D eigenvalue weighted by atomic mass is 35.5. The molecule has 1 amide bonds. The number of alkyl halides is 1. The van der Waals surface area contributed by atoms with Crippen molar-refractivity contribution in [3.05, 3.63) is 40.9 Å².